The average molecular weight is 541 g/mol. The Hall–Kier alpha value is -1.78. The topological polar surface area (TPSA) is 88.9 Å². The van der Waals surface area contributed by atoms with Crippen molar-refractivity contribution in [3.05, 3.63) is 18.7 Å². The van der Waals surface area contributed by atoms with Crippen molar-refractivity contribution < 1.29 is 28.2 Å². The molecule has 36 heavy (non-hydrogen) atoms. The van der Waals surface area contributed by atoms with Gasteiger partial charge in [-0.25, -0.2) is 4.98 Å². The van der Waals surface area contributed by atoms with Crippen LogP contribution in [-0.2, 0) is 28.2 Å². The van der Waals surface area contributed by atoms with Gasteiger partial charge in [0.05, 0.1) is 7.11 Å². The largest absolute Gasteiger partial charge is 0.469 e. The summed E-state index contributed by atoms with van der Waals surface area (Å²) in [6.45, 7) is 13.2. The maximum atomic E-state index is 12.0. The Morgan fingerprint density at radius 2 is 1.75 bits per heavy atom. The van der Waals surface area contributed by atoms with Crippen LogP contribution in [0.25, 0.3) is 0 Å². The highest BCUT2D eigenvalue weighted by Crippen LogP contribution is 2.43. The van der Waals surface area contributed by atoms with Crippen LogP contribution in [0.2, 0.25) is 18.1 Å². The molecule has 0 aromatic carbocycles. The highest BCUT2D eigenvalue weighted by molar-refractivity contribution is 7.80. The van der Waals surface area contributed by atoms with Crippen LogP contribution in [0.5, 0.6) is 0 Å². The molecule has 4 atom stereocenters. The van der Waals surface area contributed by atoms with Crippen molar-refractivity contribution in [1.29, 1.82) is 0 Å². The minimum atomic E-state index is -2.00. The van der Waals surface area contributed by atoms with Crippen LogP contribution < -0.4 is 0 Å². The third-order valence-corrected chi connectivity index (χ3v) is 12.4. The molecule has 0 aliphatic heterocycles. The predicted octanol–water partition coefficient (Wildman–Crippen LogP) is 5.50. The van der Waals surface area contributed by atoms with Gasteiger partial charge in [-0.2, -0.15) is 0 Å². The van der Waals surface area contributed by atoms with Crippen molar-refractivity contribution in [1.82, 2.24) is 9.55 Å². The van der Waals surface area contributed by atoms with Gasteiger partial charge in [0, 0.05) is 50.6 Å². The molecule has 1 unspecified atom stereocenters. The monoisotopic (exact) mass is 540 g/mol. The highest BCUT2D eigenvalue weighted by Gasteiger charge is 2.48. The minimum absolute atomic E-state index is 0.0417. The van der Waals surface area contributed by atoms with E-state index >= 15 is 0 Å². The third-order valence-electron chi connectivity index (χ3n) is 7.59. The fourth-order valence-corrected chi connectivity index (χ4v) is 5.70. The molecule has 1 fully saturated rings. The second kappa shape index (κ2) is 13.7. The molecular formula is C26H44N2O6SSi. The van der Waals surface area contributed by atoms with Crippen LogP contribution >= 0.6 is 12.2 Å². The molecule has 0 bridgehead atoms. The molecule has 0 spiro atoms. The number of imidazole rings is 1. The van der Waals surface area contributed by atoms with E-state index in [2.05, 4.69) is 38.8 Å². The number of rotatable bonds is 12. The number of aromatic nitrogens is 2. The van der Waals surface area contributed by atoms with E-state index in [1.807, 2.05) is 0 Å². The Morgan fingerprint density at radius 1 is 1.08 bits per heavy atom. The van der Waals surface area contributed by atoms with Crippen LogP contribution in [0.15, 0.2) is 18.7 Å². The van der Waals surface area contributed by atoms with E-state index < -0.39 is 8.32 Å². The quantitative estimate of drug-likeness (QED) is 0.149. The molecule has 1 aromatic heterocycles. The lowest BCUT2D eigenvalue weighted by Gasteiger charge is -2.38. The van der Waals surface area contributed by atoms with E-state index in [9.17, 15) is 9.59 Å². The smallest absolute Gasteiger partial charge is 0.305 e. The normalized spacial score (nSPS) is 22.3. The average Bonchev–Trinajstić information content (AvgIpc) is 3.42. The first-order valence-electron chi connectivity index (χ1n) is 12.9. The van der Waals surface area contributed by atoms with Gasteiger partial charge in [-0.3, -0.25) is 14.2 Å². The maximum absolute atomic E-state index is 12.0. The molecule has 0 amide bonds. The Bertz CT molecular complexity index is 855. The maximum Gasteiger partial charge on any atom is 0.305 e. The van der Waals surface area contributed by atoms with Gasteiger partial charge in [0.1, 0.15) is 18.5 Å². The molecule has 1 aromatic rings. The molecule has 1 heterocycles. The number of unbranched alkanes of at least 4 members (excludes halogenated alkanes) is 3. The highest BCUT2D eigenvalue weighted by atomic mass is 32.1. The summed E-state index contributed by atoms with van der Waals surface area (Å²) in [5, 5.41) is 0.415. The lowest BCUT2D eigenvalue weighted by Crippen LogP contribution is -2.44. The van der Waals surface area contributed by atoms with Crippen LogP contribution in [0.3, 0.4) is 0 Å². The molecule has 1 saturated carbocycles. The van der Waals surface area contributed by atoms with Crippen molar-refractivity contribution >= 4 is 37.6 Å². The number of hydrogen-bond acceptors (Lipinski definition) is 8. The first kappa shape index (κ1) is 30.4. The van der Waals surface area contributed by atoms with E-state index in [1.165, 1.54) is 14.0 Å². The molecule has 0 radical (unpaired) electrons. The number of methoxy groups -OCH3 is 1. The lowest BCUT2D eigenvalue weighted by molar-refractivity contribution is -0.148. The SMILES string of the molecule is COC(=O)CCCCCCC1[C@@H](OC(C)=O)C[C@@H](OC(=S)n2ccnc2)[C@@H]1CO[Si](C)(C)C(C)(C)C. The van der Waals surface area contributed by atoms with Gasteiger partial charge in [0.25, 0.3) is 5.17 Å². The van der Waals surface area contributed by atoms with E-state index in [1.54, 1.807) is 23.3 Å². The number of ether oxygens (including phenoxy) is 3. The summed E-state index contributed by atoms with van der Waals surface area (Å²) in [4.78, 5) is 27.4. The summed E-state index contributed by atoms with van der Waals surface area (Å²) >= 11 is 5.54. The zero-order valence-corrected chi connectivity index (χ0v) is 24.8. The van der Waals surface area contributed by atoms with Crippen molar-refractivity contribution in [2.75, 3.05) is 13.7 Å². The number of thiocarbonyl (C=S) groups is 1. The van der Waals surface area contributed by atoms with E-state index in [4.69, 9.17) is 30.9 Å². The minimum Gasteiger partial charge on any atom is -0.469 e. The molecule has 0 saturated heterocycles. The predicted molar refractivity (Wildman–Crippen MR) is 145 cm³/mol. The van der Waals surface area contributed by atoms with E-state index in [0.29, 0.717) is 24.6 Å². The van der Waals surface area contributed by atoms with Crippen LogP contribution in [0, 0.1) is 11.8 Å². The van der Waals surface area contributed by atoms with Gasteiger partial charge in [-0.1, -0.05) is 40.0 Å². The molecule has 1 aliphatic carbocycles. The van der Waals surface area contributed by atoms with Gasteiger partial charge in [-0.05, 0) is 43.2 Å². The molecule has 2 rings (SSSR count). The molecule has 204 valence electrons. The summed E-state index contributed by atoms with van der Waals surface area (Å²) in [6.07, 6.45) is 10.2. The van der Waals surface area contributed by atoms with Gasteiger partial charge in [0.15, 0.2) is 8.32 Å². The van der Waals surface area contributed by atoms with Gasteiger partial charge < -0.3 is 18.6 Å². The van der Waals surface area contributed by atoms with Gasteiger partial charge >= 0.3 is 11.9 Å². The first-order chi connectivity index (χ1) is 16.9. The summed E-state index contributed by atoms with van der Waals surface area (Å²) in [5.41, 5.74) is 0. The van der Waals surface area contributed by atoms with E-state index in [-0.39, 0.29) is 41.0 Å². The van der Waals surface area contributed by atoms with E-state index in [0.717, 1.165) is 32.1 Å². The third kappa shape index (κ3) is 8.95. The van der Waals surface area contributed by atoms with Crippen LogP contribution in [0.4, 0.5) is 0 Å². The summed E-state index contributed by atoms with van der Waals surface area (Å²) < 4.78 is 25.1. The van der Waals surface area contributed by atoms with Crippen molar-refractivity contribution in [3.8, 4) is 0 Å². The number of esters is 2. The molecule has 1 aliphatic rings. The molecular weight excluding hydrogens is 496 g/mol. The molecule has 10 heteroatoms. The second-order valence-electron chi connectivity index (χ2n) is 11.2. The second-order valence-corrected chi connectivity index (χ2v) is 16.4. The zero-order chi connectivity index (χ0) is 26.9. The van der Waals surface area contributed by atoms with Gasteiger partial charge in [0.2, 0.25) is 0 Å². The zero-order valence-electron chi connectivity index (χ0n) is 23.0. The van der Waals surface area contributed by atoms with Crippen molar-refractivity contribution in [2.24, 2.45) is 11.8 Å². The Kier molecular flexibility index (Phi) is 11.6. The number of nitrogens with zero attached hydrogens (tertiary/aromatic N) is 2. The van der Waals surface area contributed by atoms with Crippen LogP contribution in [-0.4, -0.2) is 60.9 Å². The number of carbonyl (C=O) groups is 2. The Balaban J connectivity index is 2.14. The first-order valence-corrected chi connectivity index (χ1v) is 16.2. The van der Waals surface area contributed by atoms with Crippen LogP contribution in [0.1, 0.15) is 72.6 Å². The number of carbonyl (C=O) groups excluding carboxylic acids is 2. The Labute approximate surface area is 222 Å². The summed E-state index contributed by atoms with van der Waals surface area (Å²) in [5.74, 6) is -0.308. The summed E-state index contributed by atoms with van der Waals surface area (Å²) in [6, 6.07) is 0. The number of hydrogen-bond donors (Lipinski definition) is 0. The summed E-state index contributed by atoms with van der Waals surface area (Å²) in [7, 11) is -0.580. The fraction of sp³-hybridized carbons (Fsp3) is 0.769. The van der Waals surface area contributed by atoms with Crippen molar-refractivity contribution in [3.63, 3.8) is 0 Å². The molecule has 8 nitrogen and oxygen atoms in total. The van der Waals surface area contributed by atoms with Gasteiger partial charge in [-0.15, -0.1) is 0 Å². The van der Waals surface area contributed by atoms with Crippen molar-refractivity contribution in [2.45, 2.75) is 103 Å². The Morgan fingerprint density at radius 3 is 2.33 bits per heavy atom. The molecule has 0 N–H and O–H groups in total. The lowest BCUT2D eigenvalue weighted by atomic mass is 9.89. The fourth-order valence-electron chi connectivity index (χ4n) is 4.43. The standard InChI is InChI=1S/C26H44N2O6SSi/c1-19(29)33-22-16-23(34-25(35)28-15-14-27-18-28)21(17-32-36(6,7)26(2,3)4)20(22)12-10-8-9-11-13-24(30)31-5/h14-15,18,20-23H,8-13,16-17H2,1-7H3/t20?,21-,22+,23-/m1/s1.